The van der Waals surface area contributed by atoms with Gasteiger partial charge in [-0.3, -0.25) is 0 Å². The van der Waals surface area contributed by atoms with Gasteiger partial charge in [-0.2, -0.15) is 0 Å². The van der Waals surface area contributed by atoms with Crippen molar-refractivity contribution in [3.8, 4) is 0 Å². The fourth-order valence-corrected chi connectivity index (χ4v) is 4.46. The summed E-state index contributed by atoms with van der Waals surface area (Å²) in [5, 5.41) is 3.48. The molecule has 0 spiro atoms. The molecule has 0 radical (unpaired) electrons. The predicted molar refractivity (Wildman–Crippen MR) is 70.0 cm³/mol. The fourth-order valence-electron chi connectivity index (χ4n) is 4.46. The van der Waals surface area contributed by atoms with Crippen molar-refractivity contribution in [1.82, 2.24) is 5.32 Å². The summed E-state index contributed by atoms with van der Waals surface area (Å²) >= 11 is 0. The maximum atomic E-state index is 6.16. The van der Waals surface area contributed by atoms with Gasteiger partial charge in [0.25, 0.3) is 0 Å². The molecule has 0 aromatic carbocycles. The number of hydrogen-bond donors (Lipinski definition) is 1. The molecule has 0 aromatic rings. The van der Waals surface area contributed by atoms with Crippen LogP contribution in [0.4, 0.5) is 0 Å². The van der Waals surface area contributed by atoms with Crippen LogP contribution in [0.25, 0.3) is 0 Å². The van der Waals surface area contributed by atoms with E-state index in [0.29, 0.717) is 11.5 Å². The lowest BCUT2D eigenvalue weighted by Gasteiger charge is -2.43. The molecule has 2 aliphatic carbocycles. The van der Waals surface area contributed by atoms with E-state index in [0.717, 1.165) is 18.4 Å². The summed E-state index contributed by atoms with van der Waals surface area (Å²) in [6, 6.07) is 0. The summed E-state index contributed by atoms with van der Waals surface area (Å²) in [4.78, 5) is 0. The summed E-state index contributed by atoms with van der Waals surface area (Å²) in [5.74, 6) is 1.82. The molecule has 2 saturated carbocycles. The first-order chi connectivity index (χ1) is 8.37. The minimum Gasteiger partial charge on any atom is -0.377 e. The Morgan fingerprint density at radius 1 is 1.12 bits per heavy atom. The number of ether oxygens (including phenoxy) is 1. The molecular formula is C15H27NO. The molecular weight excluding hydrogens is 210 g/mol. The average molecular weight is 237 g/mol. The van der Waals surface area contributed by atoms with E-state index in [-0.39, 0.29) is 0 Å². The Morgan fingerprint density at radius 3 is 2.53 bits per heavy atom. The molecule has 1 N–H and O–H groups in total. The zero-order valence-corrected chi connectivity index (χ0v) is 11.2. The molecule has 3 fully saturated rings. The van der Waals surface area contributed by atoms with Crippen molar-refractivity contribution in [3.63, 3.8) is 0 Å². The standard InChI is InChI=1S/C15H27NO/c1-16-11-15(13-5-3-2-4-6-13)9-10-17-14(15)12-7-8-12/h12-14,16H,2-11H2,1H3. The summed E-state index contributed by atoms with van der Waals surface area (Å²) < 4.78 is 6.16. The lowest BCUT2D eigenvalue weighted by molar-refractivity contribution is -0.0102. The highest BCUT2D eigenvalue weighted by atomic mass is 16.5. The molecule has 1 saturated heterocycles. The first-order valence-electron chi connectivity index (χ1n) is 7.63. The maximum absolute atomic E-state index is 6.16. The van der Waals surface area contributed by atoms with Gasteiger partial charge in [-0.25, -0.2) is 0 Å². The molecule has 2 nitrogen and oxygen atoms in total. The smallest absolute Gasteiger partial charge is 0.0675 e. The van der Waals surface area contributed by atoms with Crippen molar-refractivity contribution in [2.75, 3.05) is 20.2 Å². The van der Waals surface area contributed by atoms with E-state index in [9.17, 15) is 0 Å². The number of hydrogen-bond acceptors (Lipinski definition) is 2. The van der Waals surface area contributed by atoms with Crippen molar-refractivity contribution in [2.24, 2.45) is 17.3 Å². The Labute approximate surface area is 105 Å². The van der Waals surface area contributed by atoms with Crippen LogP contribution in [0.1, 0.15) is 51.4 Å². The predicted octanol–water partition coefficient (Wildman–Crippen LogP) is 2.97. The lowest BCUT2D eigenvalue weighted by Crippen LogP contribution is -2.47. The second kappa shape index (κ2) is 4.89. The molecule has 3 aliphatic rings. The van der Waals surface area contributed by atoms with Crippen LogP contribution in [-0.2, 0) is 4.74 Å². The van der Waals surface area contributed by atoms with E-state index >= 15 is 0 Å². The molecule has 0 aromatic heterocycles. The Morgan fingerprint density at radius 2 is 1.88 bits per heavy atom. The van der Waals surface area contributed by atoms with Gasteiger partial charge in [0.1, 0.15) is 0 Å². The van der Waals surface area contributed by atoms with E-state index in [1.54, 1.807) is 0 Å². The second-order valence-corrected chi connectivity index (χ2v) is 6.48. The highest BCUT2D eigenvalue weighted by molar-refractivity contribution is 5.04. The minimum atomic E-state index is 0.482. The molecule has 2 unspecified atom stereocenters. The van der Waals surface area contributed by atoms with Crippen LogP contribution in [0.15, 0.2) is 0 Å². The largest absolute Gasteiger partial charge is 0.377 e. The minimum absolute atomic E-state index is 0.482. The van der Waals surface area contributed by atoms with Crippen molar-refractivity contribution in [3.05, 3.63) is 0 Å². The Kier molecular flexibility index (Phi) is 3.45. The van der Waals surface area contributed by atoms with Gasteiger partial charge in [-0.15, -0.1) is 0 Å². The van der Waals surface area contributed by atoms with E-state index < -0.39 is 0 Å². The van der Waals surface area contributed by atoms with Crippen molar-refractivity contribution in [2.45, 2.75) is 57.5 Å². The molecule has 98 valence electrons. The van der Waals surface area contributed by atoms with Gasteiger partial charge < -0.3 is 10.1 Å². The van der Waals surface area contributed by atoms with Crippen LogP contribution in [0, 0.1) is 17.3 Å². The molecule has 1 aliphatic heterocycles. The van der Waals surface area contributed by atoms with Crippen molar-refractivity contribution < 1.29 is 4.74 Å². The van der Waals surface area contributed by atoms with Gasteiger partial charge in [0.2, 0.25) is 0 Å². The molecule has 1 heterocycles. The van der Waals surface area contributed by atoms with Crippen LogP contribution in [-0.4, -0.2) is 26.3 Å². The molecule has 2 heteroatoms. The SMILES string of the molecule is CNCC1(C2CCCCC2)CCOC1C1CC1. The summed E-state index contributed by atoms with van der Waals surface area (Å²) in [7, 11) is 2.12. The molecule has 2 atom stereocenters. The highest BCUT2D eigenvalue weighted by Gasteiger charge is 2.54. The Bertz CT molecular complexity index is 258. The van der Waals surface area contributed by atoms with Gasteiger partial charge >= 0.3 is 0 Å². The number of rotatable bonds is 4. The van der Waals surface area contributed by atoms with Crippen LogP contribution >= 0.6 is 0 Å². The second-order valence-electron chi connectivity index (χ2n) is 6.48. The van der Waals surface area contributed by atoms with Crippen molar-refractivity contribution >= 4 is 0 Å². The van der Waals surface area contributed by atoms with Crippen LogP contribution < -0.4 is 5.32 Å². The van der Waals surface area contributed by atoms with E-state index in [2.05, 4.69) is 12.4 Å². The van der Waals surface area contributed by atoms with Crippen LogP contribution in [0.2, 0.25) is 0 Å². The van der Waals surface area contributed by atoms with Gasteiger partial charge in [-0.1, -0.05) is 19.3 Å². The quantitative estimate of drug-likeness (QED) is 0.811. The van der Waals surface area contributed by atoms with Gasteiger partial charge in [-0.05, 0) is 51.0 Å². The molecule has 0 amide bonds. The summed E-state index contributed by atoms with van der Waals surface area (Å²) in [5.41, 5.74) is 0.482. The van der Waals surface area contributed by atoms with Crippen molar-refractivity contribution in [1.29, 1.82) is 0 Å². The maximum Gasteiger partial charge on any atom is 0.0675 e. The highest BCUT2D eigenvalue weighted by Crippen LogP contribution is 2.54. The Balaban J connectivity index is 1.79. The monoisotopic (exact) mass is 237 g/mol. The van der Waals surface area contributed by atoms with Gasteiger partial charge in [0.15, 0.2) is 0 Å². The molecule has 3 rings (SSSR count). The first-order valence-corrected chi connectivity index (χ1v) is 7.63. The summed E-state index contributed by atoms with van der Waals surface area (Å²) in [6.45, 7) is 2.19. The lowest BCUT2D eigenvalue weighted by atomic mass is 9.64. The third-order valence-electron chi connectivity index (χ3n) is 5.41. The van der Waals surface area contributed by atoms with Crippen LogP contribution in [0.5, 0.6) is 0 Å². The zero-order chi connectivity index (χ0) is 11.7. The van der Waals surface area contributed by atoms with Crippen LogP contribution in [0.3, 0.4) is 0 Å². The fraction of sp³-hybridized carbons (Fsp3) is 1.00. The Hall–Kier alpha value is -0.0800. The van der Waals surface area contributed by atoms with Gasteiger partial charge in [0.05, 0.1) is 6.10 Å². The third kappa shape index (κ3) is 2.15. The summed E-state index contributed by atoms with van der Waals surface area (Å²) in [6.07, 6.45) is 12.0. The average Bonchev–Trinajstić information content (AvgIpc) is 3.13. The normalized spacial score (nSPS) is 39.7. The molecule has 0 bridgehead atoms. The topological polar surface area (TPSA) is 21.3 Å². The van der Waals surface area contributed by atoms with E-state index in [4.69, 9.17) is 4.74 Å². The third-order valence-corrected chi connectivity index (χ3v) is 5.41. The zero-order valence-electron chi connectivity index (χ0n) is 11.2. The number of nitrogens with one attached hydrogen (secondary N) is 1. The van der Waals surface area contributed by atoms with E-state index in [1.165, 1.54) is 57.9 Å². The molecule has 17 heavy (non-hydrogen) atoms. The van der Waals surface area contributed by atoms with E-state index in [1.807, 2.05) is 0 Å². The first kappa shape index (κ1) is 12.0. The van der Waals surface area contributed by atoms with Gasteiger partial charge in [0, 0.05) is 18.6 Å².